The van der Waals surface area contributed by atoms with E-state index in [4.69, 9.17) is 4.74 Å². The quantitative estimate of drug-likeness (QED) is 0.330. The Morgan fingerprint density at radius 2 is 1.46 bits per heavy atom. The van der Waals surface area contributed by atoms with Crippen molar-refractivity contribution in [3.8, 4) is 0 Å². The molecule has 0 aliphatic rings. The van der Waals surface area contributed by atoms with Gasteiger partial charge in [-0.05, 0) is 43.2 Å². The monoisotopic (exact) mass is 494 g/mol. The van der Waals surface area contributed by atoms with Gasteiger partial charge >= 0.3 is 5.97 Å². The normalized spacial score (nSPS) is 11.9. The van der Waals surface area contributed by atoms with E-state index in [-0.39, 0.29) is 29.2 Å². The SMILES string of the molecule is COC(=O)C(Cc1ccccc1)NS(=O)(=O)c1ccc(C(=O)NCC(=O)c2ccc(C)cc2)cc1. The highest BCUT2D eigenvalue weighted by molar-refractivity contribution is 7.89. The van der Waals surface area contributed by atoms with Gasteiger partial charge in [-0.2, -0.15) is 4.72 Å². The molecule has 0 fully saturated rings. The second-order valence-corrected chi connectivity index (χ2v) is 9.60. The second-order valence-electron chi connectivity index (χ2n) is 7.88. The number of benzene rings is 3. The van der Waals surface area contributed by atoms with E-state index in [1.807, 2.05) is 25.1 Å². The number of rotatable bonds is 10. The summed E-state index contributed by atoms with van der Waals surface area (Å²) in [7, 11) is -2.89. The minimum absolute atomic E-state index is 0.113. The van der Waals surface area contributed by atoms with Crippen molar-refractivity contribution in [2.24, 2.45) is 0 Å². The second kappa shape index (κ2) is 11.5. The molecule has 0 aliphatic carbocycles. The van der Waals surface area contributed by atoms with Gasteiger partial charge in [0, 0.05) is 11.1 Å². The number of hydrogen-bond donors (Lipinski definition) is 2. The van der Waals surface area contributed by atoms with Crippen LogP contribution in [0.4, 0.5) is 0 Å². The molecule has 1 unspecified atom stereocenters. The molecule has 0 saturated heterocycles. The molecule has 0 spiro atoms. The predicted octanol–water partition coefficient (Wildman–Crippen LogP) is 2.67. The largest absolute Gasteiger partial charge is 0.468 e. The number of amides is 1. The molecule has 9 heteroatoms. The van der Waals surface area contributed by atoms with Crippen molar-refractivity contribution in [3.05, 3.63) is 101 Å². The van der Waals surface area contributed by atoms with E-state index in [9.17, 15) is 22.8 Å². The van der Waals surface area contributed by atoms with Crippen LogP contribution in [-0.2, 0) is 26.0 Å². The van der Waals surface area contributed by atoms with Crippen LogP contribution in [0.3, 0.4) is 0 Å². The maximum absolute atomic E-state index is 12.9. The van der Waals surface area contributed by atoms with Gasteiger partial charge < -0.3 is 10.1 Å². The number of ether oxygens (including phenoxy) is 1. The Morgan fingerprint density at radius 3 is 2.06 bits per heavy atom. The Balaban J connectivity index is 1.65. The lowest BCUT2D eigenvalue weighted by Crippen LogP contribution is -2.43. The predicted molar refractivity (Wildman–Crippen MR) is 131 cm³/mol. The van der Waals surface area contributed by atoms with Crippen LogP contribution in [0.2, 0.25) is 0 Å². The van der Waals surface area contributed by atoms with E-state index in [0.717, 1.165) is 11.1 Å². The van der Waals surface area contributed by atoms with Crippen LogP contribution in [0.15, 0.2) is 83.8 Å². The first-order chi connectivity index (χ1) is 16.7. The lowest BCUT2D eigenvalue weighted by molar-refractivity contribution is -0.142. The van der Waals surface area contributed by atoms with Crippen molar-refractivity contribution in [1.82, 2.24) is 10.0 Å². The van der Waals surface area contributed by atoms with Gasteiger partial charge in [0.05, 0.1) is 18.6 Å². The number of carbonyl (C=O) groups excluding carboxylic acids is 3. The maximum atomic E-state index is 12.9. The number of aryl methyl sites for hydroxylation is 1. The van der Waals surface area contributed by atoms with E-state index in [2.05, 4.69) is 10.0 Å². The molecule has 3 rings (SSSR count). The molecule has 3 aromatic carbocycles. The van der Waals surface area contributed by atoms with Crippen LogP contribution >= 0.6 is 0 Å². The average molecular weight is 495 g/mol. The van der Waals surface area contributed by atoms with Crippen molar-refractivity contribution in [1.29, 1.82) is 0 Å². The lowest BCUT2D eigenvalue weighted by Gasteiger charge is -2.17. The number of ketones is 1. The molecule has 8 nitrogen and oxygen atoms in total. The highest BCUT2D eigenvalue weighted by Crippen LogP contribution is 2.14. The van der Waals surface area contributed by atoms with E-state index in [1.54, 1.807) is 36.4 Å². The molecule has 0 radical (unpaired) electrons. The molecule has 0 aromatic heterocycles. The highest BCUT2D eigenvalue weighted by Gasteiger charge is 2.27. The third kappa shape index (κ3) is 7.08. The summed E-state index contributed by atoms with van der Waals surface area (Å²) in [5, 5.41) is 2.54. The number of nitrogens with one attached hydrogen (secondary N) is 2. The molecule has 0 heterocycles. The fourth-order valence-electron chi connectivity index (χ4n) is 3.31. The van der Waals surface area contributed by atoms with Gasteiger partial charge in [0.1, 0.15) is 6.04 Å². The summed E-state index contributed by atoms with van der Waals surface area (Å²) in [6.07, 6.45) is 0.113. The number of carbonyl (C=O) groups is 3. The van der Waals surface area contributed by atoms with Crippen molar-refractivity contribution < 1.29 is 27.5 Å². The molecular weight excluding hydrogens is 468 g/mol. The Morgan fingerprint density at radius 1 is 0.857 bits per heavy atom. The topological polar surface area (TPSA) is 119 Å². The molecule has 1 atom stereocenters. The summed E-state index contributed by atoms with van der Waals surface area (Å²) in [5.74, 6) is -1.47. The van der Waals surface area contributed by atoms with Crippen LogP contribution < -0.4 is 10.0 Å². The van der Waals surface area contributed by atoms with E-state index >= 15 is 0 Å². The Kier molecular flexibility index (Phi) is 8.51. The van der Waals surface area contributed by atoms with Gasteiger partial charge in [-0.15, -0.1) is 0 Å². The van der Waals surface area contributed by atoms with Crippen LogP contribution in [0.1, 0.15) is 31.8 Å². The first-order valence-corrected chi connectivity index (χ1v) is 12.3. The van der Waals surface area contributed by atoms with Gasteiger partial charge in [-0.3, -0.25) is 14.4 Å². The number of hydrogen-bond acceptors (Lipinski definition) is 6. The van der Waals surface area contributed by atoms with Crippen molar-refractivity contribution in [2.75, 3.05) is 13.7 Å². The molecular formula is C26H26N2O6S. The third-order valence-corrected chi connectivity index (χ3v) is 6.76. The van der Waals surface area contributed by atoms with Gasteiger partial charge in [0.2, 0.25) is 10.0 Å². The first kappa shape index (κ1) is 25.8. The fourth-order valence-corrected chi connectivity index (χ4v) is 4.49. The molecule has 3 aromatic rings. The Labute approximate surface area is 204 Å². The van der Waals surface area contributed by atoms with Crippen molar-refractivity contribution in [2.45, 2.75) is 24.3 Å². The molecule has 0 saturated carbocycles. The summed E-state index contributed by atoms with van der Waals surface area (Å²) in [4.78, 5) is 36.7. The maximum Gasteiger partial charge on any atom is 0.324 e. The summed E-state index contributed by atoms with van der Waals surface area (Å²) in [6, 6.07) is 20.0. The Hall–Kier alpha value is -3.82. The number of methoxy groups -OCH3 is 1. The summed E-state index contributed by atoms with van der Waals surface area (Å²) < 4.78 is 32.9. The highest BCUT2D eigenvalue weighted by atomic mass is 32.2. The van der Waals surface area contributed by atoms with Crippen LogP contribution in [0.25, 0.3) is 0 Å². The third-order valence-electron chi connectivity index (χ3n) is 5.28. The van der Waals surface area contributed by atoms with Gasteiger partial charge in [0.15, 0.2) is 5.78 Å². The van der Waals surface area contributed by atoms with E-state index < -0.39 is 27.9 Å². The van der Waals surface area contributed by atoms with Crippen molar-refractivity contribution >= 4 is 27.7 Å². The van der Waals surface area contributed by atoms with Crippen LogP contribution in [0, 0.1) is 6.92 Å². The zero-order valence-electron chi connectivity index (χ0n) is 19.4. The van der Waals surface area contributed by atoms with Crippen LogP contribution in [0.5, 0.6) is 0 Å². The lowest BCUT2D eigenvalue weighted by atomic mass is 10.1. The van der Waals surface area contributed by atoms with E-state index in [0.29, 0.717) is 5.56 Å². The molecule has 182 valence electrons. The van der Waals surface area contributed by atoms with Gasteiger partial charge in [0.25, 0.3) is 5.91 Å². The molecule has 35 heavy (non-hydrogen) atoms. The molecule has 2 N–H and O–H groups in total. The number of sulfonamides is 1. The zero-order chi connectivity index (χ0) is 25.4. The van der Waals surface area contributed by atoms with Crippen LogP contribution in [-0.4, -0.2) is 45.8 Å². The Bertz CT molecular complexity index is 1290. The average Bonchev–Trinajstić information content (AvgIpc) is 2.87. The first-order valence-electron chi connectivity index (χ1n) is 10.8. The minimum atomic E-state index is -4.08. The molecule has 0 aliphatic heterocycles. The van der Waals surface area contributed by atoms with Crippen molar-refractivity contribution in [3.63, 3.8) is 0 Å². The molecule has 0 bridgehead atoms. The summed E-state index contributed by atoms with van der Waals surface area (Å²) >= 11 is 0. The standard InChI is InChI=1S/C26H26N2O6S/c1-18-8-10-20(11-9-18)24(29)17-27-25(30)21-12-14-22(15-13-21)35(32,33)28-23(26(31)34-2)16-19-6-4-3-5-7-19/h3-15,23,28H,16-17H2,1-2H3,(H,27,30). The van der Waals surface area contributed by atoms with Gasteiger partial charge in [-0.1, -0.05) is 60.2 Å². The van der Waals surface area contributed by atoms with E-state index in [1.165, 1.54) is 31.4 Å². The number of esters is 1. The smallest absolute Gasteiger partial charge is 0.324 e. The molecule has 1 amide bonds. The number of Topliss-reactive ketones (excluding diaryl/α,β-unsaturated/α-hetero) is 1. The minimum Gasteiger partial charge on any atom is -0.468 e. The summed E-state index contributed by atoms with van der Waals surface area (Å²) in [5.41, 5.74) is 2.46. The van der Waals surface area contributed by atoms with Gasteiger partial charge in [-0.25, -0.2) is 8.42 Å². The fraction of sp³-hybridized carbons (Fsp3) is 0.192. The summed E-state index contributed by atoms with van der Waals surface area (Å²) in [6.45, 7) is 1.72. The zero-order valence-corrected chi connectivity index (χ0v) is 20.2.